The minimum atomic E-state index is -0.238. The monoisotopic (exact) mass is 405 g/mol. The first-order valence-electron chi connectivity index (χ1n) is 10.8. The normalized spacial score (nSPS) is 20.0. The van der Waals surface area contributed by atoms with Crippen molar-refractivity contribution in [2.45, 2.75) is 37.9 Å². The fraction of sp³-hybridized carbons (Fsp3) is 0.360. The molecular weight excluding hydrogens is 381 g/mol. The summed E-state index contributed by atoms with van der Waals surface area (Å²) in [6.45, 7) is 2.77. The Hall–Kier alpha value is -2.63. The zero-order valence-electron chi connectivity index (χ0n) is 16.8. The zero-order chi connectivity index (χ0) is 20.1. The van der Waals surface area contributed by atoms with Crippen LogP contribution in [-0.2, 0) is 23.4 Å². The first-order chi connectivity index (χ1) is 14.7. The van der Waals surface area contributed by atoms with Crippen LogP contribution in [0.1, 0.15) is 36.0 Å². The average Bonchev–Trinajstić information content (AvgIpc) is 3.16. The van der Waals surface area contributed by atoms with E-state index in [-0.39, 0.29) is 11.4 Å². The predicted molar refractivity (Wildman–Crippen MR) is 112 cm³/mol. The van der Waals surface area contributed by atoms with Crippen molar-refractivity contribution >= 4 is 10.8 Å². The van der Waals surface area contributed by atoms with Crippen molar-refractivity contribution in [2.24, 2.45) is 0 Å². The third-order valence-electron chi connectivity index (χ3n) is 6.77. The van der Waals surface area contributed by atoms with Crippen molar-refractivity contribution in [1.29, 1.82) is 0 Å². The Morgan fingerprint density at radius 2 is 1.83 bits per heavy atom. The lowest BCUT2D eigenvalue weighted by atomic mass is 9.83. The SMILES string of the molecule is Fc1ccc(ON2CCC3(CC2)OCc2c3ccc3ccccc23)c2c1CCCO2. The van der Waals surface area contributed by atoms with Gasteiger partial charge in [-0.3, -0.25) is 0 Å². The number of piperidine rings is 1. The van der Waals surface area contributed by atoms with Crippen LogP contribution in [0.15, 0.2) is 48.5 Å². The van der Waals surface area contributed by atoms with E-state index in [4.69, 9.17) is 14.3 Å². The summed E-state index contributed by atoms with van der Waals surface area (Å²) in [7, 11) is 0. The molecule has 0 atom stereocenters. The lowest BCUT2D eigenvalue weighted by molar-refractivity contribution is -0.146. The first-order valence-corrected chi connectivity index (χ1v) is 10.8. The van der Waals surface area contributed by atoms with Crippen LogP contribution in [0, 0.1) is 5.82 Å². The van der Waals surface area contributed by atoms with Crippen LogP contribution in [-0.4, -0.2) is 24.8 Å². The fourth-order valence-electron chi connectivity index (χ4n) is 5.17. The smallest absolute Gasteiger partial charge is 0.189 e. The van der Waals surface area contributed by atoms with Crippen molar-refractivity contribution in [1.82, 2.24) is 5.06 Å². The highest BCUT2D eigenvalue weighted by Crippen LogP contribution is 2.46. The predicted octanol–water partition coefficient (Wildman–Crippen LogP) is 5.12. The topological polar surface area (TPSA) is 30.9 Å². The molecule has 0 aliphatic carbocycles. The molecule has 1 fully saturated rings. The van der Waals surface area contributed by atoms with Gasteiger partial charge < -0.3 is 14.3 Å². The molecule has 3 aliphatic heterocycles. The van der Waals surface area contributed by atoms with Crippen molar-refractivity contribution in [3.63, 3.8) is 0 Å². The Balaban J connectivity index is 1.22. The van der Waals surface area contributed by atoms with E-state index in [2.05, 4.69) is 36.4 Å². The molecule has 0 bridgehead atoms. The molecule has 0 saturated carbocycles. The summed E-state index contributed by atoms with van der Waals surface area (Å²) < 4.78 is 26.3. The zero-order valence-corrected chi connectivity index (χ0v) is 16.8. The molecule has 0 radical (unpaired) electrons. The Morgan fingerprint density at radius 3 is 2.73 bits per heavy atom. The molecule has 4 nitrogen and oxygen atoms in total. The number of ether oxygens (including phenoxy) is 2. The van der Waals surface area contributed by atoms with Crippen LogP contribution in [0.2, 0.25) is 0 Å². The summed E-state index contributed by atoms with van der Waals surface area (Å²) in [6, 6.07) is 16.1. The molecule has 3 aromatic carbocycles. The van der Waals surface area contributed by atoms with Gasteiger partial charge in [-0.1, -0.05) is 36.4 Å². The van der Waals surface area contributed by atoms with Crippen LogP contribution in [0.3, 0.4) is 0 Å². The number of rotatable bonds is 2. The molecule has 3 aromatic rings. The molecule has 1 spiro atoms. The van der Waals surface area contributed by atoms with E-state index in [1.807, 2.05) is 5.06 Å². The Bertz CT molecular complexity index is 1120. The number of hydroxylamine groups is 2. The highest BCUT2D eigenvalue weighted by Gasteiger charge is 2.43. The summed E-state index contributed by atoms with van der Waals surface area (Å²) in [5.74, 6) is 0.967. The number of halogens is 1. The molecule has 0 amide bonds. The fourth-order valence-corrected chi connectivity index (χ4v) is 5.17. The van der Waals surface area contributed by atoms with E-state index in [9.17, 15) is 4.39 Å². The van der Waals surface area contributed by atoms with Crippen molar-refractivity contribution in [3.8, 4) is 11.5 Å². The van der Waals surface area contributed by atoms with Gasteiger partial charge in [-0.15, -0.1) is 5.06 Å². The maximum absolute atomic E-state index is 14.1. The van der Waals surface area contributed by atoms with Gasteiger partial charge in [0.2, 0.25) is 0 Å². The van der Waals surface area contributed by atoms with E-state index >= 15 is 0 Å². The van der Waals surface area contributed by atoms with Gasteiger partial charge in [-0.25, -0.2) is 4.39 Å². The lowest BCUT2D eigenvalue weighted by Crippen LogP contribution is -2.44. The number of hydrogen-bond donors (Lipinski definition) is 0. The molecule has 6 rings (SSSR count). The number of nitrogens with zero attached hydrogens (tertiary/aromatic N) is 1. The van der Waals surface area contributed by atoms with E-state index in [0.717, 1.165) is 32.4 Å². The molecule has 0 N–H and O–H groups in total. The van der Waals surface area contributed by atoms with Gasteiger partial charge in [0.1, 0.15) is 5.82 Å². The molecule has 1 saturated heterocycles. The molecule has 3 aliphatic rings. The summed E-state index contributed by atoms with van der Waals surface area (Å²) in [6.07, 6.45) is 3.26. The molecule has 154 valence electrons. The van der Waals surface area contributed by atoms with Crippen molar-refractivity contribution in [2.75, 3.05) is 19.7 Å². The number of hydrogen-bond acceptors (Lipinski definition) is 4. The highest BCUT2D eigenvalue weighted by atomic mass is 19.1. The van der Waals surface area contributed by atoms with E-state index in [1.165, 1.54) is 28.0 Å². The van der Waals surface area contributed by atoms with E-state index < -0.39 is 0 Å². The van der Waals surface area contributed by atoms with Gasteiger partial charge >= 0.3 is 0 Å². The van der Waals surface area contributed by atoms with Crippen molar-refractivity contribution in [3.05, 3.63) is 71.0 Å². The summed E-state index contributed by atoms with van der Waals surface area (Å²) in [5, 5.41) is 4.51. The third kappa shape index (κ3) is 2.80. The molecule has 0 aromatic heterocycles. The minimum Gasteiger partial charge on any atom is -0.489 e. The summed E-state index contributed by atoms with van der Waals surface area (Å²) in [5.41, 5.74) is 3.04. The van der Waals surface area contributed by atoms with Gasteiger partial charge in [0.05, 0.1) is 18.8 Å². The lowest BCUT2D eigenvalue weighted by Gasteiger charge is -2.38. The molecule has 3 heterocycles. The van der Waals surface area contributed by atoms with Crippen LogP contribution < -0.4 is 9.57 Å². The average molecular weight is 405 g/mol. The Labute approximate surface area is 175 Å². The number of benzene rings is 3. The highest BCUT2D eigenvalue weighted by molar-refractivity contribution is 5.87. The van der Waals surface area contributed by atoms with Crippen molar-refractivity contribution < 1.29 is 18.7 Å². The van der Waals surface area contributed by atoms with Gasteiger partial charge in [0, 0.05) is 18.7 Å². The Kier molecular flexibility index (Phi) is 4.22. The second-order valence-corrected chi connectivity index (χ2v) is 8.42. The molecular formula is C25H24FNO3. The number of fused-ring (bicyclic) bond motifs is 5. The Morgan fingerprint density at radius 1 is 0.967 bits per heavy atom. The minimum absolute atomic E-state index is 0.210. The van der Waals surface area contributed by atoms with Crippen LogP contribution in [0.4, 0.5) is 4.39 Å². The third-order valence-corrected chi connectivity index (χ3v) is 6.77. The van der Waals surface area contributed by atoms with Gasteiger partial charge in [-0.2, -0.15) is 0 Å². The second kappa shape index (κ2) is 6.96. The van der Waals surface area contributed by atoms with Crippen LogP contribution in [0.5, 0.6) is 11.5 Å². The summed E-state index contributed by atoms with van der Waals surface area (Å²) >= 11 is 0. The molecule has 5 heteroatoms. The molecule has 0 unspecified atom stereocenters. The summed E-state index contributed by atoms with van der Waals surface area (Å²) in [4.78, 5) is 6.16. The largest absolute Gasteiger partial charge is 0.489 e. The maximum atomic E-state index is 14.1. The second-order valence-electron chi connectivity index (χ2n) is 8.42. The quantitative estimate of drug-likeness (QED) is 0.592. The standard InChI is InChI=1S/C25H24FNO3/c26-22-9-10-23(24-19(22)6-3-15-28-24)30-27-13-11-25(12-14-27)21-8-7-17-4-1-2-5-18(17)20(21)16-29-25/h1-2,4-5,7-10H,3,6,11-16H2. The van der Waals surface area contributed by atoms with Gasteiger partial charge in [-0.05, 0) is 59.7 Å². The first kappa shape index (κ1) is 18.2. The van der Waals surface area contributed by atoms with Crippen LogP contribution in [0.25, 0.3) is 10.8 Å². The van der Waals surface area contributed by atoms with Gasteiger partial charge in [0.15, 0.2) is 11.5 Å². The van der Waals surface area contributed by atoms with Crippen LogP contribution >= 0.6 is 0 Å². The van der Waals surface area contributed by atoms with E-state index in [1.54, 1.807) is 6.07 Å². The molecule has 30 heavy (non-hydrogen) atoms. The van der Waals surface area contributed by atoms with E-state index in [0.29, 0.717) is 36.7 Å². The maximum Gasteiger partial charge on any atom is 0.189 e. The van der Waals surface area contributed by atoms with Gasteiger partial charge in [0.25, 0.3) is 0 Å².